The number of hydrogen-bond donors (Lipinski definition) is 0. The average molecular weight is 428 g/mol. The van der Waals surface area contributed by atoms with Gasteiger partial charge in [0, 0.05) is 6.07 Å². The molecule has 0 spiro atoms. The maximum atomic E-state index is 15.0. The van der Waals surface area contributed by atoms with Crippen LogP contribution in [0.5, 0.6) is 0 Å². The van der Waals surface area contributed by atoms with Gasteiger partial charge >= 0.3 is 6.18 Å². The number of hydrogen-bond acceptors (Lipinski definition) is 0. The fraction of sp³-hybridized carbons (Fsp3) is 0.583. The summed E-state index contributed by atoms with van der Waals surface area (Å²) in [7, 11) is 0. The van der Waals surface area contributed by atoms with Gasteiger partial charge in [0.25, 0.3) is 0 Å². The molecule has 6 heteroatoms. The van der Waals surface area contributed by atoms with E-state index in [1.165, 1.54) is 12.5 Å². The van der Waals surface area contributed by atoms with Crippen molar-refractivity contribution in [2.24, 2.45) is 17.8 Å². The zero-order chi connectivity index (χ0) is 21.6. The van der Waals surface area contributed by atoms with Crippen LogP contribution in [0.15, 0.2) is 18.2 Å². The lowest BCUT2D eigenvalue weighted by Crippen LogP contribution is -2.31. The molecule has 2 aliphatic carbocycles. The van der Waals surface area contributed by atoms with Crippen molar-refractivity contribution in [1.29, 1.82) is 0 Å². The highest BCUT2D eigenvalue weighted by Gasteiger charge is 2.43. The fourth-order valence-corrected chi connectivity index (χ4v) is 5.98. The molecule has 0 heterocycles. The molecule has 2 aromatic rings. The monoisotopic (exact) mass is 428 g/mol. The molecule has 0 saturated heterocycles. The summed E-state index contributed by atoms with van der Waals surface area (Å²) in [6, 6.07) is 2.50. The first kappa shape index (κ1) is 21.5. The Morgan fingerprint density at radius 3 is 2.30 bits per heavy atom. The van der Waals surface area contributed by atoms with Crippen LogP contribution in [0.3, 0.4) is 0 Å². The van der Waals surface area contributed by atoms with Crippen LogP contribution in [0.1, 0.15) is 75.3 Å². The fourth-order valence-electron chi connectivity index (χ4n) is 5.98. The van der Waals surface area contributed by atoms with Gasteiger partial charge in [-0.25, -0.2) is 13.2 Å². The molecule has 2 aromatic carbocycles. The predicted octanol–water partition coefficient (Wildman–Crippen LogP) is 8.38. The Balaban J connectivity index is 1.72. The molecule has 0 nitrogen and oxygen atoms in total. The van der Waals surface area contributed by atoms with Gasteiger partial charge in [-0.3, -0.25) is 0 Å². The molecule has 4 atom stereocenters. The summed E-state index contributed by atoms with van der Waals surface area (Å²) in [5.74, 6) is -2.76. The second-order valence-corrected chi connectivity index (χ2v) is 9.14. The molecule has 0 amide bonds. The molecular formula is C24H26F6. The van der Waals surface area contributed by atoms with Gasteiger partial charge in [-0.15, -0.1) is 0 Å². The van der Waals surface area contributed by atoms with Crippen LogP contribution in [-0.2, 0) is 6.18 Å². The molecule has 0 aromatic heterocycles. The summed E-state index contributed by atoms with van der Waals surface area (Å²) in [4.78, 5) is 0. The zero-order valence-corrected chi connectivity index (χ0v) is 17.0. The van der Waals surface area contributed by atoms with Crippen molar-refractivity contribution in [2.45, 2.75) is 70.4 Å². The highest BCUT2D eigenvalue weighted by atomic mass is 19.4. The summed E-state index contributed by atoms with van der Waals surface area (Å²) < 4.78 is 84.3. The quantitative estimate of drug-likeness (QED) is 0.431. The molecule has 30 heavy (non-hydrogen) atoms. The van der Waals surface area contributed by atoms with E-state index in [1.54, 1.807) is 0 Å². The van der Waals surface area contributed by atoms with E-state index in [0.717, 1.165) is 38.2 Å². The van der Waals surface area contributed by atoms with Crippen LogP contribution >= 0.6 is 0 Å². The molecular weight excluding hydrogens is 402 g/mol. The molecule has 4 unspecified atom stereocenters. The van der Waals surface area contributed by atoms with Gasteiger partial charge in [-0.2, -0.15) is 13.2 Å². The maximum absolute atomic E-state index is 15.0. The van der Waals surface area contributed by atoms with Crippen LogP contribution in [0.4, 0.5) is 26.3 Å². The van der Waals surface area contributed by atoms with E-state index < -0.39 is 40.5 Å². The average Bonchev–Trinajstić information content (AvgIpc) is 2.65. The number of fused-ring (bicyclic) bond motifs is 2. The van der Waals surface area contributed by atoms with Crippen molar-refractivity contribution < 1.29 is 26.3 Å². The third-order valence-electron chi connectivity index (χ3n) is 7.27. The molecule has 0 bridgehead atoms. The van der Waals surface area contributed by atoms with E-state index >= 15 is 0 Å². The first-order valence-corrected chi connectivity index (χ1v) is 10.9. The Morgan fingerprint density at radius 1 is 0.900 bits per heavy atom. The Morgan fingerprint density at radius 2 is 1.60 bits per heavy atom. The number of rotatable bonds is 3. The minimum absolute atomic E-state index is 0.147. The van der Waals surface area contributed by atoms with Crippen molar-refractivity contribution >= 4 is 10.8 Å². The van der Waals surface area contributed by atoms with E-state index in [4.69, 9.17) is 0 Å². The Bertz CT molecular complexity index is 932. The van der Waals surface area contributed by atoms with Crippen molar-refractivity contribution in [3.8, 4) is 0 Å². The second kappa shape index (κ2) is 8.08. The van der Waals surface area contributed by atoms with E-state index in [2.05, 4.69) is 6.92 Å². The van der Waals surface area contributed by atoms with Crippen molar-refractivity contribution in [1.82, 2.24) is 0 Å². The molecule has 2 aliphatic rings. The molecule has 2 saturated carbocycles. The summed E-state index contributed by atoms with van der Waals surface area (Å²) >= 11 is 0. The molecule has 0 radical (unpaired) electrons. The zero-order valence-electron chi connectivity index (χ0n) is 17.0. The summed E-state index contributed by atoms with van der Waals surface area (Å²) in [6.45, 7) is 2.17. The standard InChI is InChI=1S/C24H26F6/c1-2-3-13-4-5-15-9-16(7-6-14(15)8-13)19-11-17-10-18(25)12-20(26)21(17)23(27)22(19)24(28,29)30/h10-16H,2-9H2,1H3. The topological polar surface area (TPSA) is 0 Å². The van der Waals surface area contributed by atoms with Gasteiger partial charge < -0.3 is 0 Å². The predicted molar refractivity (Wildman–Crippen MR) is 105 cm³/mol. The second-order valence-electron chi connectivity index (χ2n) is 9.14. The van der Waals surface area contributed by atoms with Gasteiger partial charge in [0.1, 0.15) is 17.5 Å². The minimum atomic E-state index is -4.94. The van der Waals surface area contributed by atoms with Crippen LogP contribution in [-0.4, -0.2) is 0 Å². The van der Waals surface area contributed by atoms with Crippen LogP contribution < -0.4 is 0 Å². The molecule has 2 fully saturated rings. The Kier molecular flexibility index (Phi) is 5.80. The van der Waals surface area contributed by atoms with E-state index in [9.17, 15) is 26.3 Å². The van der Waals surface area contributed by atoms with Gasteiger partial charge in [0.15, 0.2) is 0 Å². The molecule has 164 valence electrons. The third kappa shape index (κ3) is 3.94. The van der Waals surface area contributed by atoms with Crippen molar-refractivity contribution in [2.75, 3.05) is 0 Å². The highest BCUT2D eigenvalue weighted by molar-refractivity contribution is 5.86. The number of alkyl halides is 3. The van der Waals surface area contributed by atoms with Crippen LogP contribution in [0.2, 0.25) is 0 Å². The summed E-state index contributed by atoms with van der Waals surface area (Å²) in [5.41, 5.74) is -1.53. The van der Waals surface area contributed by atoms with Crippen molar-refractivity contribution in [3.63, 3.8) is 0 Å². The maximum Gasteiger partial charge on any atom is 0.419 e. The first-order valence-electron chi connectivity index (χ1n) is 10.9. The molecule has 4 rings (SSSR count). The van der Waals surface area contributed by atoms with Gasteiger partial charge in [-0.05, 0) is 78.9 Å². The summed E-state index contributed by atoms with van der Waals surface area (Å²) in [5, 5.41) is -0.942. The normalized spacial score (nSPS) is 27.3. The van der Waals surface area contributed by atoms with Gasteiger partial charge in [0.2, 0.25) is 0 Å². The van der Waals surface area contributed by atoms with E-state index in [-0.39, 0.29) is 10.9 Å². The van der Waals surface area contributed by atoms with Crippen molar-refractivity contribution in [3.05, 3.63) is 46.8 Å². The number of halogens is 6. The first-order chi connectivity index (χ1) is 14.2. The Labute approximate surface area is 172 Å². The third-order valence-corrected chi connectivity index (χ3v) is 7.27. The van der Waals surface area contributed by atoms with Gasteiger partial charge in [0.05, 0.1) is 10.9 Å². The van der Waals surface area contributed by atoms with Gasteiger partial charge in [-0.1, -0.05) is 26.2 Å². The lowest BCUT2D eigenvalue weighted by atomic mass is 9.63. The van der Waals surface area contributed by atoms with Crippen LogP contribution in [0, 0.1) is 35.2 Å². The van der Waals surface area contributed by atoms with E-state index in [1.807, 2.05) is 0 Å². The van der Waals surface area contributed by atoms with E-state index in [0.29, 0.717) is 36.7 Å². The smallest absolute Gasteiger partial charge is 0.207 e. The number of benzene rings is 2. The minimum Gasteiger partial charge on any atom is -0.207 e. The van der Waals surface area contributed by atoms with Crippen LogP contribution in [0.25, 0.3) is 10.8 Å². The lowest BCUT2D eigenvalue weighted by Gasteiger charge is -2.43. The molecule has 0 N–H and O–H groups in total. The highest BCUT2D eigenvalue weighted by Crippen LogP contribution is 2.51. The Hall–Kier alpha value is -1.72. The lowest BCUT2D eigenvalue weighted by molar-refractivity contribution is -0.140. The molecule has 0 aliphatic heterocycles. The SMILES string of the molecule is CCCC1CCC2CC(c3cc4cc(F)cc(F)c4c(F)c3C(F)(F)F)CCC2C1. The summed E-state index contributed by atoms with van der Waals surface area (Å²) in [6.07, 6.45) is 2.55. The largest absolute Gasteiger partial charge is 0.419 e.